The molecule has 0 saturated heterocycles. The molecule has 1 heterocycles. The van der Waals surface area contributed by atoms with Gasteiger partial charge >= 0.3 is 0 Å². The van der Waals surface area contributed by atoms with Gasteiger partial charge in [0.15, 0.2) is 12.0 Å². The molecule has 0 fully saturated rings. The summed E-state index contributed by atoms with van der Waals surface area (Å²) in [7, 11) is 0. The van der Waals surface area contributed by atoms with Crippen LogP contribution in [0.1, 0.15) is 25.3 Å². The summed E-state index contributed by atoms with van der Waals surface area (Å²) in [5.41, 5.74) is 3.61. The molecule has 0 spiro atoms. The van der Waals surface area contributed by atoms with Crippen LogP contribution in [0.5, 0.6) is 5.75 Å². The zero-order valence-corrected chi connectivity index (χ0v) is 18.0. The number of amides is 1. The summed E-state index contributed by atoms with van der Waals surface area (Å²) in [6.45, 7) is 2.02. The fourth-order valence-corrected chi connectivity index (χ4v) is 3.50. The Balaban J connectivity index is 1.40. The minimum Gasteiger partial charge on any atom is -0.484 e. The van der Waals surface area contributed by atoms with Crippen LogP contribution in [0.25, 0.3) is 22.1 Å². The van der Waals surface area contributed by atoms with E-state index in [4.69, 9.17) is 9.15 Å². The molecule has 4 aromatic rings. The van der Waals surface area contributed by atoms with Crippen molar-refractivity contribution < 1.29 is 13.9 Å². The molecule has 3 aromatic carbocycles. The maximum absolute atomic E-state index is 12.8. The van der Waals surface area contributed by atoms with Gasteiger partial charge in [-0.3, -0.25) is 9.59 Å². The van der Waals surface area contributed by atoms with Gasteiger partial charge in [-0.25, -0.2) is 0 Å². The van der Waals surface area contributed by atoms with Crippen molar-refractivity contribution in [2.75, 3.05) is 11.9 Å². The van der Waals surface area contributed by atoms with Gasteiger partial charge in [-0.1, -0.05) is 55.8 Å². The first kappa shape index (κ1) is 21.4. The molecule has 5 nitrogen and oxygen atoms in total. The Kier molecular flexibility index (Phi) is 6.66. The number of nitrogens with one attached hydrogen (secondary N) is 1. The van der Waals surface area contributed by atoms with E-state index in [0.29, 0.717) is 22.3 Å². The number of fused-ring (bicyclic) bond motifs is 1. The molecule has 0 aliphatic rings. The molecule has 162 valence electrons. The number of hydrogen-bond acceptors (Lipinski definition) is 4. The highest BCUT2D eigenvalue weighted by Gasteiger charge is 2.11. The maximum atomic E-state index is 12.8. The molecule has 0 saturated carbocycles. The summed E-state index contributed by atoms with van der Waals surface area (Å²) in [5.74, 6) is 0.199. The van der Waals surface area contributed by atoms with Crippen LogP contribution < -0.4 is 15.5 Å². The molecule has 0 bridgehead atoms. The molecule has 0 aliphatic carbocycles. The zero-order chi connectivity index (χ0) is 22.3. The number of hydrogen-bond donors (Lipinski definition) is 1. The van der Waals surface area contributed by atoms with E-state index in [9.17, 15) is 9.59 Å². The second kappa shape index (κ2) is 9.96. The highest BCUT2D eigenvalue weighted by atomic mass is 16.5. The molecule has 0 aliphatic heterocycles. The lowest BCUT2D eigenvalue weighted by atomic mass is 10.1. The second-order valence-electron chi connectivity index (χ2n) is 7.64. The Morgan fingerprint density at radius 2 is 1.78 bits per heavy atom. The van der Waals surface area contributed by atoms with Crippen molar-refractivity contribution in [3.8, 4) is 16.9 Å². The lowest BCUT2D eigenvalue weighted by molar-refractivity contribution is -0.118. The van der Waals surface area contributed by atoms with E-state index >= 15 is 0 Å². The largest absolute Gasteiger partial charge is 0.484 e. The zero-order valence-electron chi connectivity index (χ0n) is 18.0. The van der Waals surface area contributed by atoms with Crippen molar-refractivity contribution in [2.24, 2.45) is 0 Å². The third-order valence-corrected chi connectivity index (χ3v) is 5.26. The van der Waals surface area contributed by atoms with Crippen LogP contribution in [0.4, 0.5) is 5.69 Å². The molecule has 5 heteroatoms. The van der Waals surface area contributed by atoms with E-state index in [0.717, 1.165) is 30.5 Å². The normalized spacial score (nSPS) is 10.8. The monoisotopic (exact) mass is 427 g/mol. The molecule has 4 rings (SSSR count). The van der Waals surface area contributed by atoms with Gasteiger partial charge in [0.05, 0.1) is 10.9 Å². The fourth-order valence-electron chi connectivity index (χ4n) is 3.50. The van der Waals surface area contributed by atoms with Crippen LogP contribution >= 0.6 is 0 Å². The average Bonchev–Trinajstić information content (AvgIpc) is 2.83. The molecule has 1 aromatic heterocycles. The number of unbranched alkanes of at least 4 members (excludes halogenated alkanes) is 1. The third-order valence-electron chi connectivity index (χ3n) is 5.26. The van der Waals surface area contributed by atoms with E-state index in [-0.39, 0.29) is 17.9 Å². The highest BCUT2D eigenvalue weighted by molar-refractivity contribution is 5.92. The van der Waals surface area contributed by atoms with Gasteiger partial charge in [-0.15, -0.1) is 0 Å². The van der Waals surface area contributed by atoms with Gasteiger partial charge in [0, 0.05) is 11.8 Å². The Morgan fingerprint density at radius 3 is 2.53 bits per heavy atom. The van der Waals surface area contributed by atoms with Crippen molar-refractivity contribution in [1.29, 1.82) is 0 Å². The Morgan fingerprint density at radius 1 is 1.00 bits per heavy atom. The molecule has 0 unspecified atom stereocenters. The molecule has 1 N–H and O–H groups in total. The van der Waals surface area contributed by atoms with Crippen LogP contribution in [0.2, 0.25) is 0 Å². The van der Waals surface area contributed by atoms with E-state index in [1.807, 2.05) is 54.6 Å². The maximum Gasteiger partial charge on any atom is 0.262 e. The number of benzene rings is 3. The molecule has 32 heavy (non-hydrogen) atoms. The van der Waals surface area contributed by atoms with Gasteiger partial charge in [-0.05, 0) is 48.2 Å². The van der Waals surface area contributed by atoms with E-state index in [2.05, 4.69) is 12.2 Å². The first-order chi connectivity index (χ1) is 15.6. The van der Waals surface area contributed by atoms with Crippen molar-refractivity contribution in [2.45, 2.75) is 26.2 Å². The van der Waals surface area contributed by atoms with E-state index in [1.165, 1.54) is 11.8 Å². The minimum absolute atomic E-state index is 0.107. The van der Waals surface area contributed by atoms with Crippen LogP contribution in [-0.2, 0) is 11.2 Å². The lowest BCUT2D eigenvalue weighted by Gasteiger charge is -2.09. The van der Waals surface area contributed by atoms with E-state index in [1.54, 1.807) is 18.2 Å². The predicted octanol–water partition coefficient (Wildman–Crippen LogP) is 5.82. The van der Waals surface area contributed by atoms with Gasteiger partial charge < -0.3 is 14.5 Å². The summed E-state index contributed by atoms with van der Waals surface area (Å²) < 4.78 is 11.3. The summed E-state index contributed by atoms with van der Waals surface area (Å²) in [4.78, 5) is 25.1. The molecular weight excluding hydrogens is 402 g/mol. The number of anilines is 1. The number of carbonyl (C=O) groups is 1. The second-order valence-corrected chi connectivity index (χ2v) is 7.64. The first-order valence-electron chi connectivity index (χ1n) is 10.8. The molecule has 0 radical (unpaired) electrons. The first-order valence-corrected chi connectivity index (χ1v) is 10.8. The summed E-state index contributed by atoms with van der Waals surface area (Å²) >= 11 is 0. The number of aryl methyl sites for hydroxylation is 1. The van der Waals surface area contributed by atoms with Gasteiger partial charge in [0.2, 0.25) is 0 Å². The number of ether oxygens (including phenoxy) is 1. The summed E-state index contributed by atoms with van der Waals surface area (Å²) in [6.07, 6.45) is 4.81. The van der Waals surface area contributed by atoms with Crippen LogP contribution in [0.3, 0.4) is 0 Å². The van der Waals surface area contributed by atoms with Crippen molar-refractivity contribution in [3.05, 3.63) is 94.8 Å². The fraction of sp³-hybridized carbons (Fsp3) is 0.185. The molecule has 0 atom stereocenters. The number of carbonyl (C=O) groups excluding carboxylic acids is 1. The Hall–Kier alpha value is -3.86. The topological polar surface area (TPSA) is 68.5 Å². The van der Waals surface area contributed by atoms with Crippen LogP contribution in [0.15, 0.2) is 88.3 Å². The molecule has 1 amide bonds. The van der Waals surface area contributed by atoms with Crippen LogP contribution in [-0.4, -0.2) is 12.5 Å². The average molecular weight is 428 g/mol. The lowest BCUT2D eigenvalue weighted by Crippen LogP contribution is -2.20. The van der Waals surface area contributed by atoms with E-state index < -0.39 is 0 Å². The number of rotatable bonds is 8. The van der Waals surface area contributed by atoms with Gasteiger partial charge in [0.1, 0.15) is 17.6 Å². The third kappa shape index (κ3) is 5.06. The van der Waals surface area contributed by atoms with Crippen molar-refractivity contribution in [3.63, 3.8) is 0 Å². The Bertz CT molecular complexity index is 1260. The predicted molar refractivity (Wildman–Crippen MR) is 127 cm³/mol. The van der Waals surface area contributed by atoms with Crippen LogP contribution in [0, 0.1) is 0 Å². The standard InChI is InChI=1S/C27H25NO4/c1-2-3-7-19-10-12-21(13-11-19)28-26(29)18-31-22-14-15-23-25(16-22)32-17-24(27(23)30)20-8-5-4-6-9-20/h4-6,8-17H,2-3,7,18H2,1H3,(H,28,29). The minimum atomic E-state index is -0.257. The summed E-state index contributed by atoms with van der Waals surface area (Å²) in [6, 6.07) is 22.2. The highest BCUT2D eigenvalue weighted by Crippen LogP contribution is 2.23. The van der Waals surface area contributed by atoms with Gasteiger partial charge in [0.25, 0.3) is 5.91 Å². The van der Waals surface area contributed by atoms with Crippen molar-refractivity contribution in [1.82, 2.24) is 0 Å². The van der Waals surface area contributed by atoms with Gasteiger partial charge in [-0.2, -0.15) is 0 Å². The summed E-state index contributed by atoms with van der Waals surface area (Å²) in [5, 5.41) is 3.29. The van der Waals surface area contributed by atoms with Crippen molar-refractivity contribution >= 4 is 22.6 Å². The molecular formula is C27H25NO4. The quantitative estimate of drug-likeness (QED) is 0.385. The SMILES string of the molecule is CCCCc1ccc(NC(=O)COc2ccc3c(=O)c(-c4ccccc4)coc3c2)cc1. The Labute approximate surface area is 186 Å². The smallest absolute Gasteiger partial charge is 0.262 e.